The summed E-state index contributed by atoms with van der Waals surface area (Å²) in [4.78, 5) is 13.3. The van der Waals surface area contributed by atoms with Gasteiger partial charge in [0.15, 0.2) is 5.82 Å². The Bertz CT molecular complexity index is 1350. The molecular formula is C23H19F3N6O. The number of nitrogens with zero attached hydrogens (tertiary/aromatic N) is 6. The summed E-state index contributed by atoms with van der Waals surface area (Å²) in [6.45, 7) is 2.29. The highest BCUT2D eigenvalue weighted by Crippen LogP contribution is 2.39. The minimum atomic E-state index is -4.47. The molecule has 3 aromatic heterocycles. The predicted octanol–water partition coefficient (Wildman–Crippen LogP) is 4.56. The van der Waals surface area contributed by atoms with Gasteiger partial charge in [-0.15, -0.1) is 5.10 Å². The van der Waals surface area contributed by atoms with Crippen molar-refractivity contribution in [2.75, 3.05) is 7.11 Å². The van der Waals surface area contributed by atoms with Gasteiger partial charge in [-0.25, -0.2) is 19.6 Å². The van der Waals surface area contributed by atoms with Crippen LogP contribution < -0.4 is 4.74 Å². The number of fused-ring (bicyclic) bond motifs is 1. The van der Waals surface area contributed by atoms with Crippen molar-refractivity contribution in [1.82, 2.24) is 29.3 Å². The van der Waals surface area contributed by atoms with E-state index in [1.807, 2.05) is 19.2 Å². The Hall–Kier alpha value is -3.95. The van der Waals surface area contributed by atoms with Gasteiger partial charge in [0.05, 0.1) is 37.2 Å². The van der Waals surface area contributed by atoms with Crippen LogP contribution >= 0.6 is 0 Å². The molecule has 0 saturated carbocycles. The quantitative estimate of drug-likeness (QED) is 0.425. The van der Waals surface area contributed by atoms with Crippen LogP contribution in [0.1, 0.15) is 28.6 Å². The minimum absolute atomic E-state index is 0.137. The van der Waals surface area contributed by atoms with Crippen LogP contribution in [0.5, 0.6) is 5.88 Å². The summed E-state index contributed by atoms with van der Waals surface area (Å²) in [5.41, 5.74) is 1.46. The van der Waals surface area contributed by atoms with Crippen LogP contribution in [0, 0.1) is 6.92 Å². The molecule has 0 aliphatic carbocycles. The second kappa shape index (κ2) is 7.88. The lowest BCUT2D eigenvalue weighted by Gasteiger charge is -2.21. The van der Waals surface area contributed by atoms with Gasteiger partial charge in [-0.3, -0.25) is 0 Å². The fourth-order valence-corrected chi connectivity index (χ4v) is 3.94. The molecular weight excluding hydrogens is 433 g/mol. The van der Waals surface area contributed by atoms with Gasteiger partial charge in [-0.2, -0.15) is 13.2 Å². The molecule has 0 radical (unpaired) electrons. The second-order valence-electron chi connectivity index (χ2n) is 7.61. The van der Waals surface area contributed by atoms with Crippen molar-refractivity contribution < 1.29 is 17.9 Å². The maximum atomic E-state index is 13.6. The van der Waals surface area contributed by atoms with Crippen molar-refractivity contribution in [2.45, 2.75) is 25.6 Å². The Labute approximate surface area is 187 Å². The van der Waals surface area contributed by atoms with Crippen LogP contribution in [0.25, 0.3) is 17.2 Å². The third-order valence-corrected chi connectivity index (χ3v) is 5.44. The lowest BCUT2D eigenvalue weighted by atomic mass is 9.91. The van der Waals surface area contributed by atoms with E-state index in [9.17, 15) is 13.2 Å². The summed E-state index contributed by atoms with van der Waals surface area (Å²) < 4.78 is 49.7. The fraction of sp³-hybridized carbons (Fsp3) is 0.217. The van der Waals surface area contributed by atoms with Gasteiger partial charge < -0.3 is 9.30 Å². The molecule has 1 unspecified atom stereocenters. The number of alkyl halides is 3. The molecule has 1 aliphatic heterocycles. The summed E-state index contributed by atoms with van der Waals surface area (Å²) in [6.07, 6.45) is 2.57. The lowest BCUT2D eigenvalue weighted by Crippen LogP contribution is -2.17. The number of methoxy groups -OCH3 is 1. The van der Waals surface area contributed by atoms with E-state index in [1.165, 1.54) is 19.2 Å². The SMILES string of the molecule is COc1nc(-c2nc3n(n2)CC=CC3c2ccccc2C(F)(F)F)ccc1-n1cnc(C)c1. The van der Waals surface area contributed by atoms with Crippen molar-refractivity contribution in [3.8, 4) is 23.1 Å². The Balaban J connectivity index is 1.55. The van der Waals surface area contributed by atoms with Crippen molar-refractivity contribution in [3.63, 3.8) is 0 Å². The highest BCUT2D eigenvalue weighted by atomic mass is 19.4. The minimum Gasteiger partial charge on any atom is -0.479 e. The zero-order valence-corrected chi connectivity index (χ0v) is 17.8. The fourth-order valence-electron chi connectivity index (χ4n) is 3.94. The van der Waals surface area contributed by atoms with Crippen molar-refractivity contribution in [3.05, 3.63) is 83.7 Å². The molecule has 4 aromatic rings. The maximum Gasteiger partial charge on any atom is 0.416 e. The van der Waals surface area contributed by atoms with Crippen molar-refractivity contribution >= 4 is 0 Å². The first-order valence-electron chi connectivity index (χ1n) is 10.2. The number of allylic oxidation sites excluding steroid dienone is 2. The average Bonchev–Trinajstić information content (AvgIpc) is 3.44. The van der Waals surface area contributed by atoms with E-state index in [4.69, 9.17) is 4.74 Å². The topological polar surface area (TPSA) is 70.7 Å². The Morgan fingerprint density at radius 1 is 1.09 bits per heavy atom. The molecule has 33 heavy (non-hydrogen) atoms. The molecule has 10 heteroatoms. The normalized spacial score (nSPS) is 15.5. The molecule has 1 aromatic carbocycles. The number of hydrogen-bond acceptors (Lipinski definition) is 5. The largest absolute Gasteiger partial charge is 0.479 e. The molecule has 0 bridgehead atoms. The van der Waals surface area contributed by atoms with Gasteiger partial charge >= 0.3 is 6.18 Å². The third-order valence-electron chi connectivity index (χ3n) is 5.44. The van der Waals surface area contributed by atoms with E-state index in [1.54, 1.807) is 39.9 Å². The number of halogens is 3. The molecule has 0 spiro atoms. The van der Waals surface area contributed by atoms with Crippen LogP contribution in [-0.4, -0.2) is 36.4 Å². The molecule has 0 amide bonds. The highest BCUT2D eigenvalue weighted by Gasteiger charge is 2.36. The average molecular weight is 452 g/mol. The Kier molecular flexibility index (Phi) is 4.99. The number of hydrogen-bond donors (Lipinski definition) is 0. The molecule has 5 rings (SSSR count). The summed E-state index contributed by atoms with van der Waals surface area (Å²) in [6, 6.07) is 9.11. The lowest BCUT2D eigenvalue weighted by molar-refractivity contribution is -0.138. The van der Waals surface area contributed by atoms with E-state index in [-0.39, 0.29) is 5.56 Å². The van der Waals surface area contributed by atoms with Crippen molar-refractivity contribution in [1.29, 1.82) is 0 Å². The molecule has 0 fully saturated rings. The summed E-state index contributed by atoms with van der Waals surface area (Å²) in [7, 11) is 1.51. The highest BCUT2D eigenvalue weighted by molar-refractivity contribution is 5.56. The number of rotatable bonds is 4. The van der Waals surface area contributed by atoms with Gasteiger partial charge in [0, 0.05) is 6.20 Å². The summed E-state index contributed by atoms with van der Waals surface area (Å²) >= 11 is 0. The summed E-state index contributed by atoms with van der Waals surface area (Å²) in [5.74, 6) is 0.428. The van der Waals surface area contributed by atoms with Crippen LogP contribution in [-0.2, 0) is 12.7 Å². The van der Waals surface area contributed by atoms with Gasteiger partial charge in [0.25, 0.3) is 0 Å². The zero-order chi connectivity index (χ0) is 23.2. The van der Waals surface area contributed by atoms with Crippen LogP contribution in [0.3, 0.4) is 0 Å². The third kappa shape index (κ3) is 3.77. The molecule has 7 nitrogen and oxygen atoms in total. The molecule has 168 valence electrons. The Morgan fingerprint density at radius 3 is 2.64 bits per heavy atom. The number of aryl methyl sites for hydroxylation is 1. The van der Waals surface area contributed by atoms with E-state index in [2.05, 4.69) is 20.1 Å². The number of imidazole rings is 1. The van der Waals surface area contributed by atoms with E-state index in [0.29, 0.717) is 35.5 Å². The zero-order valence-electron chi connectivity index (χ0n) is 17.8. The Morgan fingerprint density at radius 2 is 1.91 bits per heavy atom. The number of pyridine rings is 1. The second-order valence-corrected chi connectivity index (χ2v) is 7.61. The molecule has 1 aliphatic rings. The monoisotopic (exact) mass is 452 g/mol. The number of aromatic nitrogens is 6. The molecule has 4 heterocycles. The molecule has 0 N–H and O–H groups in total. The van der Waals surface area contributed by atoms with Crippen LogP contribution in [0.15, 0.2) is 61.1 Å². The maximum absolute atomic E-state index is 13.6. The van der Waals surface area contributed by atoms with Crippen LogP contribution in [0.4, 0.5) is 13.2 Å². The van der Waals surface area contributed by atoms with Gasteiger partial charge in [0.2, 0.25) is 5.88 Å². The first kappa shape index (κ1) is 20.9. The summed E-state index contributed by atoms with van der Waals surface area (Å²) in [5, 5.41) is 4.51. The standard InChI is InChI=1S/C23H19F3N6O/c1-14-12-31(13-27-14)19-10-9-18(28-22(19)33-2)20-29-21-16(7-5-11-32(21)30-20)15-6-3-4-8-17(15)23(24,25)26/h3-10,12-13,16H,11H2,1-2H3. The predicted molar refractivity (Wildman–Crippen MR) is 114 cm³/mol. The van der Waals surface area contributed by atoms with E-state index < -0.39 is 17.7 Å². The smallest absolute Gasteiger partial charge is 0.416 e. The van der Waals surface area contributed by atoms with E-state index in [0.717, 1.165) is 11.8 Å². The van der Waals surface area contributed by atoms with Gasteiger partial charge in [-0.1, -0.05) is 30.4 Å². The molecule has 0 saturated heterocycles. The van der Waals surface area contributed by atoms with Gasteiger partial charge in [0.1, 0.15) is 17.2 Å². The van der Waals surface area contributed by atoms with E-state index >= 15 is 0 Å². The number of benzene rings is 1. The first-order chi connectivity index (χ1) is 15.8. The number of ether oxygens (including phenoxy) is 1. The van der Waals surface area contributed by atoms with Gasteiger partial charge in [-0.05, 0) is 30.7 Å². The first-order valence-corrected chi connectivity index (χ1v) is 10.2. The van der Waals surface area contributed by atoms with Crippen molar-refractivity contribution in [2.24, 2.45) is 0 Å². The van der Waals surface area contributed by atoms with Crippen LogP contribution in [0.2, 0.25) is 0 Å². The molecule has 1 atom stereocenters.